The van der Waals surface area contributed by atoms with Crippen molar-refractivity contribution in [1.29, 1.82) is 0 Å². The highest BCUT2D eigenvalue weighted by Crippen LogP contribution is 2.31. The Labute approximate surface area is 119 Å². The number of benzene rings is 1. The largest absolute Gasteiger partial charge is 0.312 e. The minimum atomic E-state index is -3.25. The highest BCUT2D eigenvalue weighted by atomic mass is 32.2. The Morgan fingerprint density at radius 1 is 1.20 bits per heavy atom. The summed E-state index contributed by atoms with van der Waals surface area (Å²) >= 11 is 0. The van der Waals surface area contributed by atoms with Crippen LogP contribution in [0.15, 0.2) is 24.3 Å². The molecule has 108 valence electrons. The molecule has 1 saturated carbocycles. The van der Waals surface area contributed by atoms with E-state index < -0.39 is 10.0 Å². The molecule has 1 aliphatic carbocycles. The van der Waals surface area contributed by atoms with Gasteiger partial charge in [0.1, 0.15) is 0 Å². The van der Waals surface area contributed by atoms with E-state index in [1.807, 2.05) is 6.07 Å². The van der Waals surface area contributed by atoms with E-state index in [1.54, 1.807) is 23.1 Å². The SMILES string of the molecule is O=C1CCCCN1c1cccc(NS(=O)(=O)C2CC2)c1. The molecule has 5 nitrogen and oxygen atoms in total. The number of carbonyl (C=O) groups excluding carboxylic acids is 1. The quantitative estimate of drug-likeness (QED) is 0.925. The summed E-state index contributed by atoms with van der Waals surface area (Å²) in [5.41, 5.74) is 1.30. The van der Waals surface area contributed by atoms with Crippen LogP contribution in [0.2, 0.25) is 0 Å². The summed E-state index contributed by atoms with van der Waals surface area (Å²) in [5, 5.41) is -0.247. The van der Waals surface area contributed by atoms with Gasteiger partial charge in [-0.1, -0.05) is 6.07 Å². The molecule has 1 aliphatic heterocycles. The molecule has 1 aromatic carbocycles. The number of piperidine rings is 1. The number of hydrogen-bond donors (Lipinski definition) is 1. The highest BCUT2D eigenvalue weighted by molar-refractivity contribution is 7.93. The van der Waals surface area contributed by atoms with E-state index in [2.05, 4.69) is 4.72 Å². The second-order valence-electron chi connectivity index (χ2n) is 5.40. The minimum absolute atomic E-state index is 0.110. The first-order chi connectivity index (χ1) is 9.56. The van der Waals surface area contributed by atoms with Crippen molar-refractivity contribution in [3.05, 3.63) is 24.3 Å². The molecule has 0 radical (unpaired) electrons. The van der Waals surface area contributed by atoms with Crippen LogP contribution >= 0.6 is 0 Å². The van der Waals surface area contributed by atoms with Gasteiger partial charge in [-0.25, -0.2) is 8.42 Å². The summed E-state index contributed by atoms with van der Waals surface area (Å²) in [6.07, 6.45) is 3.96. The molecule has 0 atom stereocenters. The molecule has 0 spiro atoms. The van der Waals surface area contributed by atoms with Crippen LogP contribution in [0.3, 0.4) is 0 Å². The number of nitrogens with one attached hydrogen (secondary N) is 1. The zero-order chi connectivity index (χ0) is 14.2. The molecule has 6 heteroatoms. The fraction of sp³-hybridized carbons (Fsp3) is 0.500. The lowest BCUT2D eigenvalue weighted by Crippen LogP contribution is -2.35. The number of anilines is 2. The predicted octanol–water partition coefficient (Wildman–Crippen LogP) is 2.11. The standard InChI is InChI=1S/C14H18N2O3S/c17-14-6-1-2-9-16(14)12-5-3-4-11(10-12)15-20(18,19)13-7-8-13/h3-5,10,13,15H,1-2,6-9H2. The summed E-state index contributed by atoms with van der Waals surface area (Å²) in [6.45, 7) is 0.706. The Balaban J connectivity index is 1.80. The third-order valence-electron chi connectivity index (χ3n) is 3.70. The Morgan fingerprint density at radius 3 is 2.70 bits per heavy atom. The average molecular weight is 294 g/mol. The van der Waals surface area contributed by atoms with E-state index in [-0.39, 0.29) is 11.2 Å². The Morgan fingerprint density at radius 2 is 2.00 bits per heavy atom. The second-order valence-corrected chi connectivity index (χ2v) is 7.36. The fourth-order valence-electron chi connectivity index (χ4n) is 2.44. The van der Waals surface area contributed by atoms with Crippen molar-refractivity contribution >= 4 is 27.3 Å². The van der Waals surface area contributed by atoms with Crippen molar-refractivity contribution in [3.8, 4) is 0 Å². The summed E-state index contributed by atoms with van der Waals surface area (Å²) < 4.78 is 26.5. The average Bonchev–Trinajstić information content (AvgIpc) is 3.23. The van der Waals surface area contributed by atoms with Gasteiger partial charge in [-0.3, -0.25) is 9.52 Å². The molecule has 1 N–H and O–H groups in total. The van der Waals surface area contributed by atoms with Crippen LogP contribution in [0.5, 0.6) is 0 Å². The van der Waals surface area contributed by atoms with Gasteiger partial charge in [0, 0.05) is 18.7 Å². The fourth-order valence-corrected chi connectivity index (χ4v) is 3.82. The highest BCUT2D eigenvalue weighted by Gasteiger charge is 2.35. The number of rotatable bonds is 4. The first-order valence-corrected chi connectivity index (χ1v) is 8.53. The smallest absolute Gasteiger partial charge is 0.235 e. The van der Waals surface area contributed by atoms with Crippen LogP contribution in [0.25, 0.3) is 0 Å². The van der Waals surface area contributed by atoms with Crippen molar-refractivity contribution in [3.63, 3.8) is 0 Å². The topological polar surface area (TPSA) is 66.5 Å². The molecule has 1 heterocycles. The van der Waals surface area contributed by atoms with Gasteiger partial charge < -0.3 is 4.90 Å². The molecular weight excluding hydrogens is 276 g/mol. The molecular formula is C14H18N2O3S. The third-order valence-corrected chi connectivity index (χ3v) is 5.57. The van der Waals surface area contributed by atoms with Crippen LogP contribution in [-0.4, -0.2) is 26.1 Å². The van der Waals surface area contributed by atoms with Crippen molar-refractivity contribution in [2.75, 3.05) is 16.2 Å². The summed E-state index contributed by atoms with van der Waals surface area (Å²) in [6, 6.07) is 7.08. The molecule has 1 aromatic rings. The van der Waals surface area contributed by atoms with Crippen LogP contribution < -0.4 is 9.62 Å². The van der Waals surface area contributed by atoms with E-state index in [0.717, 1.165) is 31.4 Å². The predicted molar refractivity (Wildman–Crippen MR) is 78.2 cm³/mol. The zero-order valence-electron chi connectivity index (χ0n) is 11.2. The lowest BCUT2D eigenvalue weighted by atomic mass is 10.1. The number of amides is 1. The molecule has 0 aromatic heterocycles. The summed E-state index contributed by atoms with van der Waals surface area (Å²) in [4.78, 5) is 13.6. The molecule has 0 unspecified atom stereocenters. The van der Waals surface area contributed by atoms with Gasteiger partial charge in [0.15, 0.2) is 0 Å². The molecule has 20 heavy (non-hydrogen) atoms. The number of hydrogen-bond acceptors (Lipinski definition) is 3. The van der Waals surface area contributed by atoms with Crippen LogP contribution in [0, 0.1) is 0 Å². The minimum Gasteiger partial charge on any atom is -0.312 e. The van der Waals surface area contributed by atoms with Crippen LogP contribution in [0.4, 0.5) is 11.4 Å². The first kappa shape index (κ1) is 13.4. The summed E-state index contributed by atoms with van der Waals surface area (Å²) in [5.74, 6) is 0.110. The molecule has 2 aliphatic rings. The zero-order valence-corrected chi connectivity index (χ0v) is 12.0. The van der Waals surface area contributed by atoms with Crippen molar-refractivity contribution in [2.45, 2.75) is 37.4 Å². The molecule has 3 rings (SSSR count). The van der Waals surface area contributed by atoms with Crippen LogP contribution in [-0.2, 0) is 14.8 Å². The first-order valence-electron chi connectivity index (χ1n) is 6.98. The maximum atomic E-state index is 11.9. The van der Waals surface area contributed by atoms with Gasteiger partial charge in [0.2, 0.25) is 15.9 Å². The second kappa shape index (κ2) is 5.09. The van der Waals surface area contributed by atoms with Crippen molar-refractivity contribution in [2.24, 2.45) is 0 Å². The maximum absolute atomic E-state index is 11.9. The van der Waals surface area contributed by atoms with E-state index in [9.17, 15) is 13.2 Å². The van der Waals surface area contributed by atoms with E-state index in [4.69, 9.17) is 0 Å². The molecule has 1 amide bonds. The van der Waals surface area contributed by atoms with Gasteiger partial charge in [0.25, 0.3) is 0 Å². The van der Waals surface area contributed by atoms with E-state index >= 15 is 0 Å². The Hall–Kier alpha value is -1.56. The number of nitrogens with zero attached hydrogens (tertiary/aromatic N) is 1. The Bertz CT molecular complexity index is 623. The van der Waals surface area contributed by atoms with Gasteiger partial charge in [-0.2, -0.15) is 0 Å². The maximum Gasteiger partial charge on any atom is 0.235 e. The Kier molecular flexibility index (Phi) is 3.41. The normalized spacial score (nSPS) is 20.0. The summed E-state index contributed by atoms with van der Waals surface area (Å²) in [7, 11) is -3.25. The van der Waals surface area contributed by atoms with Crippen molar-refractivity contribution < 1.29 is 13.2 Å². The van der Waals surface area contributed by atoms with Gasteiger partial charge in [-0.15, -0.1) is 0 Å². The monoisotopic (exact) mass is 294 g/mol. The third kappa shape index (κ3) is 2.80. The molecule has 1 saturated heterocycles. The lowest BCUT2D eigenvalue weighted by Gasteiger charge is -2.27. The van der Waals surface area contributed by atoms with Gasteiger partial charge >= 0.3 is 0 Å². The number of carbonyl (C=O) groups is 1. The van der Waals surface area contributed by atoms with Gasteiger partial charge in [0.05, 0.1) is 10.9 Å². The van der Waals surface area contributed by atoms with E-state index in [1.165, 1.54) is 0 Å². The lowest BCUT2D eigenvalue weighted by molar-refractivity contribution is -0.119. The molecule has 2 fully saturated rings. The van der Waals surface area contributed by atoms with Gasteiger partial charge in [-0.05, 0) is 43.9 Å². The number of sulfonamides is 1. The van der Waals surface area contributed by atoms with E-state index in [0.29, 0.717) is 18.7 Å². The van der Waals surface area contributed by atoms with Crippen molar-refractivity contribution in [1.82, 2.24) is 0 Å². The van der Waals surface area contributed by atoms with Crippen LogP contribution in [0.1, 0.15) is 32.1 Å². The molecule has 0 bridgehead atoms.